The van der Waals surface area contributed by atoms with E-state index in [0.717, 1.165) is 57.6 Å². The maximum Gasteiger partial charge on any atom is 0.246 e. The van der Waals surface area contributed by atoms with E-state index in [1.54, 1.807) is 11.8 Å². The normalized spacial score (nSPS) is 26.8. The molecule has 0 spiro atoms. The van der Waals surface area contributed by atoms with Crippen molar-refractivity contribution < 1.29 is 9.59 Å². The summed E-state index contributed by atoms with van der Waals surface area (Å²) in [7, 11) is 0. The Morgan fingerprint density at radius 3 is 2.38 bits per heavy atom. The molecule has 1 N–H and O–H groups in total. The maximum absolute atomic E-state index is 12.6. The molecule has 2 aliphatic heterocycles. The topological polar surface area (TPSA) is 52.7 Å². The number of amides is 2. The molecule has 1 atom stereocenters. The SMILES string of the molecule is Cl.O=C(C1CSCN1C(=O)C1CCCC1)N1CCNCC1. The highest BCUT2D eigenvalue weighted by Crippen LogP contribution is 2.31. The van der Waals surface area contributed by atoms with Gasteiger partial charge in [-0.3, -0.25) is 9.59 Å². The quantitative estimate of drug-likeness (QED) is 0.817. The Labute approximate surface area is 136 Å². The molecule has 0 bridgehead atoms. The van der Waals surface area contributed by atoms with Gasteiger partial charge in [0.05, 0.1) is 5.88 Å². The zero-order chi connectivity index (χ0) is 13.9. The van der Waals surface area contributed by atoms with E-state index in [9.17, 15) is 9.59 Å². The lowest BCUT2D eigenvalue weighted by molar-refractivity contribution is -0.145. The lowest BCUT2D eigenvalue weighted by Gasteiger charge is -2.33. The lowest BCUT2D eigenvalue weighted by Crippen LogP contribution is -2.54. The molecule has 120 valence electrons. The van der Waals surface area contributed by atoms with Gasteiger partial charge >= 0.3 is 0 Å². The molecule has 1 saturated carbocycles. The number of halogens is 1. The van der Waals surface area contributed by atoms with Crippen molar-refractivity contribution in [3.63, 3.8) is 0 Å². The molecule has 2 amide bonds. The van der Waals surface area contributed by atoms with Gasteiger partial charge < -0.3 is 15.1 Å². The largest absolute Gasteiger partial charge is 0.338 e. The molecule has 3 fully saturated rings. The van der Waals surface area contributed by atoms with E-state index in [2.05, 4.69) is 5.32 Å². The van der Waals surface area contributed by atoms with E-state index in [4.69, 9.17) is 0 Å². The Morgan fingerprint density at radius 1 is 1.05 bits per heavy atom. The van der Waals surface area contributed by atoms with Crippen LogP contribution in [0.15, 0.2) is 0 Å². The van der Waals surface area contributed by atoms with Gasteiger partial charge in [-0.1, -0.05) is 12.8 Å². The van der Waals surface area contributed by atoms with Gasteiger partial charge in [0.15, 0.2) is 0 Å². The van der Waals surface area contributed by atoms with Gasteiger partial charge in [0, 0.05) is 37.8 Å². The first-order valence-corrected chi connectivity index (χ1v) is 8.80. The number of nitrogens with zero attached hydrogens (tertiary/aromatic N) is 2. The molecule has 0 aromatic carbocycles. The van der Waals surface area contributed by atoms with Crippen molar-refractivity contribution in [3.8, 4) is 0 Å². The summed E-state index contributed by atoms with van der Waals surface area (Å²) < 4.78 is 0. The van der Waals surface area contributed by atoms with E-state index in [1.165, 1.54) is 0 Å². The standard InChI is InChI=1S/C14H23N3O2S.ClH/c18-13(11-3-1-2-4-11)17-10-20-9-12(17)14(19)16-7-5-15-6-8-16;/h11-12,15H,1-10H2;1H. The summed E-state index contributed by atoms with van der Waals surface area (Å²) in [5.41, 5.74) is 0. The fourth-order valence-corrected chi connectivity index (χ4v) is 4.52. The average molecular weight is 334 g/mol. The van der Waals surface area contributed by atoms with Crippen LogP contribution in [0.4, 0.5) is 0 Å². The second kappa shape index (κ2) is 7.70. The van der Waals surface area contributed by atoms with Crippen LogP contribution in [0.5, 0.6) is 0 Å². The van der Waals surface area contributed by atoms with Crippen molar-refractivity contribution >= 4 is 36.0 Å². The molecule has 1 aliphatic carbocycles. The van der Waals surface area contributed by atoms with Crippen molar-refractivity contribution in [1.82, 2.24) is 15.1 Å². The molecule has 5 nitrogen and oxygen atoms in total. The Kier molecular flexibility index (Phi) is 6.20. The number of piperazine rings is 1. The van der Waals surface area contributed by atoms with Gasteiger partial charge in [0.1, 0.15) is 6.04 Å². The van der Waals surface area contributed by atoms with Crippen LogP contribution in [0.3, 0.4) is 0 Å². The smallest absolute Gasteiger partial charge is 0.246 e. The molecule has 0 aromatic rings. The molecule has 2 heterocycles. The van der Waals surface area contributed by atoms with Gasteiger partial charge in [-0.15, -0.1) is 24.2 Å². The Bertz CT molecular complexity index is 384. The van der Waals surface area contributed by atoms with Crippen molar-refractivity contribution in [1.29, 1.82) is 0 Å². The minimum atomic E-state index is -0.216. The number of carbonyl (C=O) groups is 2. The summed E-state index contributed by atoms with van der Waals surface area (Å²) in [4.78, 5) is 29.0. The zero-order valence-corrected chi connectivity index (χ0v) is 13.9. The molecular weight excluding hydrogens is 310 g/mol. The van der Waals surface area contributed by atoms with Gasteiger partial charge in [-0.05, 0) is 12.8 Å². The molecular formula is C14H24ClN3O2S. The number of thioether (sulfide) groups is 1. The highest BCUT2D eigenvalue weighted by atomic mass is 35.5. The molecule has 21 heavy (non-hydrogen) atoms. The number of hydrogen-bond acceptors (Lipinski definition) is 4. The predicted octanol–water partition coefficient (Wildman–Crippen LogP) is 0.932. The van der Waals surface area contributed by atoms with Gasteiger partial charge in [0.2, 0.25) is 11.8 Å². The van der Waals surface area contributed by atoms with Crippen molar-refractivity contribution in [2.75, 3.05) is 37.8 Å². The highest BCUT2D eigenvalue weighted by Gasteiger charge is 2.40. The van der Waals surface area contributed by atoms with Crippen LogP contribution < -0.4 is 5.32 Å². The molecule has 7 heteroatoms. The Hall–Kier alpha value is -0.460. The first-order chi connectivity index (χ1) is 9.77. The minimum absolute atomic E-state index is 0. The van der Waals surface area contributed by atoms with Crippen LogP contribution in [-0.4, -0.2) is 65.5 Å². The molecule has 3 aliphatic rings. The van der Waals surface area contributed by atoms with E-state index in [0.29, 0.717) is 5.88 Å². The van der Waals surface area contributed by atoms with Gasteiger partial charge in [-0.2, -0.15) is 0 Å². The minimum Gasteiger partial charge on any atom is -0.338 e. The zero-order valence-electron chi connectivity index (χ0n) is 12.3. The summed E-state index contributed by atoms with van der Waals surface area (Å²) >= 11 is 1.71. The van der Waals surface area contributed by atoms with Crippen LogP contribution >= 0.6 is 24.2 Å². The van der Waals surface area contributed by atoms with Crippen molar-refractivity contribution in [2.45, 2.75) is 31.7 Å². The predicted molar refractivity (Wildman–Crippen MR) is 86.6 cm³/mol. The van der Waals surface area contributed by atoms with E-state index >= 15 is 0 Å². The average Bonchev–Trinajstić information content (AvgIpc) is 3.18. The van der Waals surface area contributed by atoms with Crippen LogP contribution in [0.2, 0.25) is 0 Å². The van der Waals surface area contributed by atoms with Crippen molar-refractivity contribution in [2.24, 2.45) is 5.92 Å². The monoisotopic (exact) mass is 333 g/mol. The number of nitrogens with one attached hydrogen (secondary N) is 1. The second-order valence-electron chi connectivity index (χ2n) is 5.88. The van der Waals surface area contributed by atoms with E-state index in [1.807, 2.05) is 9.80 Å². The van der Waals surface area contributed by atoms with Crippen LogP contribution in [0, 0.1) is 5.92 Å². The fraction of sp³-hybridized carbons (Fsp3) is 0.857. The van der Waals surface area contributed by atoms with Crippen LogP contribution in [0.1, 0.15) is 25.7 Å². The third kappa shape index (κ3) is 3.66. The summed E-state index contributed by atoms with van der Waals surface area (Å²) in [5.74, 6) is 2.01. The highest BCUT2D eigenvalue weighted by molar-refractivity contribution is 7.99. The number of carbonyl (C=O) groups excluding carboxylic acids is 2. The third-order valence-electron chi connectivity index (χ3n) is 4.58. The summed E-state index contributed by atoms with van der Waals surface area (Å²) in [6.07, 6.45) is 4.34. The lowest BCUT2D eigenvalue weighted by atomic mass is 10.1. The molecule has 2 saturated heterocycles. The Balaban J connectivity index is 0.00000161. The van der Waals surface area contributed by atoms with Gasteiger partial charge in [-0.25, -0.2) is 0 Å². The molecule has 3 rings (SSSR count). The van der Waals surface area contributed by atoms with E-state index < -0.39 is 0 Å². The maximum atomic E-state index is 12.6. The van der Waals surface area contributed by atoms with Gasteiger partial charge in [0.25, 0.3) is 0 Å². The fourth-order valence-electron chi connectivity index (χ4n) is 3.37. The number of hydrogen-bond donors (Lipinski definition) is 1. The molecule has 0 radical (unpaired) electrons. The molecule has 0 aromatic heterocycles. The first-order valence-electron chi connectivity index (χ1n) is 7.65. The second-order valence-corrected chi connectivity index (χ2v) is 6.88. The van der Waals surface area contributed by atoms with Crippen molar-refractivity contribution in [3.05, 3.63) is 0 Å². The third-order valence-corrected chi connectivity index (χ3v) is 5.60. The summed E-state index contributed by atoms with van der Waals surface area (Å²) in [6, 6.07) is -0.216. The first kappa shape index (κ1) is 16.9. The summed E-state index contributed by atoms with van der Waals surface area (Å²) in [5, 5.41) is 3.26. The summed E-state index contributed by atoms with van der Waals surface area (Å²) in [6.45, 7) is 3.27. The van der Waals surface area contributed by atoms with Crippen LogP contribution in [0.25, 0.3) is 0 Å². The number of rotatable bonds is 2. The Morgan fingerprint density at radius 2 is 1.71 bits per heavy atom. The van der Waals surface area contributed by atoms with Crippen LogP contribution in [-0.2, 0) is 9.59 Å². The van der Waals surface area contributed by atoms with E-state index in [-0.39, 0.29) is 36.2 Å². The molecule has 1 unspecified atom stereocenters.